The molecule has 3 heteroatoms. The average Bonchev–Trinajstić information content (AvgIpc) is 2.29. The summed E-state index contributed by atoms with van der Waals surface area (Å²) in [5, 5.41) is 9.98. The highest BCUT2D eigenvalue weighted by Gasteiger charge is 2.22. The molecule has 0 aliphatic rings. The fraction of sp³-hybridized carbons (Fsp3) is 0.824. The van der Waals surface area contributed by atoms with Crippen molar-refractivity contribution in [3.05, 3.63) is 11.8 Å². The van der Waals surface area contributed by atoms with Gasteiger partial charge in [0.05, 0.1) is 26.2 Å². The van der Waals surface area contributed by atoms with Crippen molar-refractivity contribution in [3.63, 3.8) is 0 Å². The summed E-state index contributed by atoms with van der Waals surface area (Å²) >= 11 is 0. The summed E-state index contributed by atoms with van der Waals surface area (Å²) in [6.07, 6.45) is 6.39. The molecule has 0 aromatic heterocycles. The Morgan fingerprint density at radius 3 is 1.25 bits per heavy atom. The number of ketones is 1. The molecule has 0 aliphatic carbocycles. The Kier molecular flexibility index (Phi) is 14.1. The van der Waals surface area contributed by atoms with Crippen LogP contribution in [0.15, 0.2) is 11.8 Å². The van der Waals surface area contributed by atoms with Crippen LogP contribution in [0.4, 0.5) is 0 Å². The number of carbonyl (C=O) groups excluding carboxylic acids is 1. The van der Waals surface area contributed by atoms with E-state index < -0.39 is 0 Å². The molecule has 0 fully saturated rings. The quantitative estimate of drug-likeness (QED) is 0.370. The molecule has 0 heterocycles. The van der Waals surface area contributed by atoms with Gasteiger partial charge in [-0.05, 0) is 38.7 Å². The average molecular weight is 285 g/mol. The van der Waals surface area contributed by atoms with Crippen molar-refractivity contribution >= 4 is 5.78 Å². The Morgan fingerprint density at radius 2 is 1.15 bits per heavy atom. The highest BCUT2D eigenvalue weighted by molar-refractivity contribution is 5.87. The molecule has 0 atom stereocenters. The van der Waals surface area contributed by atoms with E-state index in [4.69, 9.17) is 0 Å². The van der Waals surface area contributed by atoms with Crippen LogP contribution in [0.3, 0.4) is 0 Å². The number of hydrogen-bond donors (Lipinski definition) is 0. The molecule has 120 valence electrons. The molecule has 0 aromatic carbocycles. The normalized spacial score (nSPS) is 11.8. The summed E-state index contributed by atoms with van der Waals surface area (Å²) in [5.41, 5.74) is 0. The zero-order valence-electron chi connectivity index (χ0n) is 14.5. The lowest BCUT2D eigenvalue weighted by molar-refractivity contribution is -0.928. The zero-order chi connectivity index (χ0) is 16.0. The second-order valence-corrected chi connectivity index (χ2v) is 5.60. The molecule has 0 unspecified atom stereocenters. The first-order valence-corrected chi connectivity index (χ1v) is 8.08. The molecule has 0 aromatic rings. The molecule has 0 rings (SSSR count). The van der Waals surface area contributed by atoms with Crippen molar-refractivity contribution in [2.24, 2.45) is 0 Å². The van der Waals surface area contributed by atoms with Crippen molar-refractivity contribution in [1.82, 2.24) is 0 Å². The summed E-state index contributed by atoms with van der Waals surface area (Å²) in [4.78, 5) is 9.98. The van der Waals surface area contributed by atoms with Crippen LogP contribution in [0.5, 0.6) is 0 Å². The smallest absolute Gasteiger partial charge is 0.151 e. The SMILES string of the molecule is CC(=O)/C=C(/C)[O-].CCC[N+](CCC)(CCC)CCC. The van der Waals surface area contributed by atoms with Crippen LogP contribution in [0.2, 0.25) is 0 Å². The van der Waals surface area contributed by atoms with E-state index in [9.17, 15) is 9.90 Å². The predicted octanol–water partition coefficient (Wildman–Crippen LogP) is 3.28. The highest BCUT2D eigenvalue weighted by atomic mass is 16.3. The molecular weight excluding hydrogens is 250 g/mol. The van der Waals surface area contributed by atoms with Gasteiger partial charge in [-0.2, -0.15) is 0 Å². The number of nitrogens with zero attached hydrogens (tertiary/aromatic N) is 1. The summed E-state index contributed by atoms with van der Waals surface area (Å²) in [5.74, 6) is -0.375. The monoisotopic (exact) mass is 285 g/mol. The minimum absolute atomic E-state index is 0.187. The van der Waals surface area contributed by atoms with E-state index in [1.165, 1.54) is 70.2 Å². The van der Waals surface area contributed by atoms with E-state index in [1.54, 1.807) is 0 Å². The number of hydrogen-bond acceptors (Lipinski definition) is 2. The fourth-order valence-electron chi connectivity index (χ4n) is 2.85. The maximum atomic E-state index is 9.98. The van der Waals surface area contributed by atoms with E-state index in [1.807, 2.05) is 0 Å². The third kappa shape index (κ3) is 12.2. The Bertz CT molecular complexity index is 239. The molecule has 0 bridgehead atoms. The standard InChI is InChI=1S/C12H28N.C5H8O2/c1-5-9-13(10-6-2,11-7-3)12-8-4;1-4(6)3-5(2)7/h5-12H2,1-4H3;3,6H,1-2H3/q+1;/p-1/b;4-3-. The number of carbonyl (C=O) groups is 1. The third-order valence-corrected chi connectivity index (χ3v) is 3.20. The highest BCUT2D eigenvalue weighted by Crippen LogP contribution is 2.12. The molecule has 3 nitrogen and oxygen atoms in total. The van der Waals surface area contributed by atoms with Gasteiger partial charge in [0, 0.05) is 0 Å². The Hall–Kier alpha value is -0.830. The molecule has 20 heavy (non-hydrogen) atoms. The Morgan fingerprint density at radius 1 is 0.850 bits per heavy atom. The lowest BCUT2D eigenvalue weighted by Crippen LogP contribution is -2.50. The second-order valence-electron chi connectivity index (χ2n) is 5.60. The number of rotatable bonds is 9. The Balaban J connectivity index is 0. The minimum atomic E-state index is -0.187. The lowest BCUT2D eigenvalue weighted by Gasteiger charge is -2.38. The van der Waals surface area contributed by atoms with Crippen molar-refractivity contribution in [1.29, 1.82) is 0 Å². The van der Waals surface area contributed by atoms with E-state index in [0.717, 1.165) is 6.08 Å². The molecule has 0 N–H and O–H groups in total. The maximum Gasteiger partial charge on any atom is 0.151 e. The van der Waals surface area contributed by atoms with E-state index >= 15 is 0 Å². The van der Waals surface area contributed by atoms with Gasteiger partial charge in [-0.3, -0.25) is 4.79 Å². The van der Waals surface area contributed by atoms with Gasteiger partial charge < -0.3 is 9.59 Å². The van der Waals surface area contributed by atoms with Crippen molar-refractivity contribution in [2.45, 2.75) is 67.2 Å². The summed E-state index contributed by atoms with van der Waals surface area (Å²) in [6, 6.07) is 0. The molecular formula is C17H35NO2. The molecule has 0 amide bonds. The van der Waals surface area contributed by atoms with Crippen LogP contribution in [0, 0.1) is 0 Å². The number of quaternary nitrogens is 1. The molecule has 0 spiro atoms. The van der Waals surface area contributed by atoms with Crippen LogP contribution in [0.1, 0.15) is 67.2 Å². The minimum Gasteiger partial charge on any atom is -0.876 e. The largest absolute Gasteiger partial charge is 0.876 e. The third-order valence-electron chi connectivity index (χ3n) is 3.20. The van der Waals surface area contributed by atoms with Gasteiger partial charge in [0.25, 0.3) is 0 Å². The predicted molar refractivity (Wildman–Crippen MR) is 85.3 cm³/mol. The van der Waals surface area contributed by atoms with Crippen molar-refractivity contribution < 1.29 is 14.4 Å². The van der Waals surface area contributed by atoms with Crippen molar-refractivity contribution in [2.75, 3.05) is 26.2 Å². The van der Waals surface area contributed by atoms with Crippen LogP contribution < -0.4 is 5.11 Å². The molecule has 0 saturated heterocycles. The van der Waals surface area contributed by atoms with Crippen LogP contribution in [-0.2, 0) is 4.79 Å². The van der Waals surface area contributed by atoms with Crippen LogP contribution in [-0.4, -0.2) is 36.4 Å². The van der Waals surface area contributed by atoms with Crippen LogP contribution in [0.25, 0.3) is 0 Å². The van der Waals surface area contributed by atoms with E-state index in [-0.39, 0.29) is 11.5 Å². The molecule has 0 aliphatic heterocycles. The van der Waals surface area contributed by atoms with Gasteiger partial charge in [-0.15, -0.1) is 5.76 Å². The van der Waals surface area contributed by atoms with Gasteiger partial charge in [0.15, 0.2) is 5.78 Å². The van der Waals surface area contributed by atoms with E-state index in [0.29, 0.717) is 0 Å². The first kappa shape index (κ1) is 21.5. The Labute approximate surface area is 126 Å². The van der Waals surface area contributed by atoms with Gasteiger partial charge in [0.1, 0.15) is 0 Å². The lowest BCUT2D eigenvalue weighted by atomic mass is 10.2. The first-order chi connectivity index (χ1) is 9.37. The maximum absolute atomic E-state index is 9.98. The van der Waals surface area contributed by atoms with Gasteiger partial charge in [0.2, 0.25) is 0 Å². The van der Waals surface area contributed by atoms with E-state index in [2.05, 4.69) is 27.7 Å². The molecule has 0 radical (unpaired) electrons. The summed E-state index contributed by atoms with van der Waals surface area (Å²) in [6.45, 7) is 17.5. The van der Waals surface area contributed by atoms with Gasteiger partial charge >= 0.3 is 0 Å². The first-order valence-electron chi connectivity index (χ1n) is 8.08. The second kappa shape index (κ2) is 13.2. The summed E-state index contributed by atoms with van der Waals surface area (Å²) in [7, 11) is 0. The topological polar surface area (TPSA) is 40.1 Å². The number of allylic oxidation sites excluding steroid dienone is 2. The fourth-order valence-corrected chi connectivity index (χ4v) is 2.85. The van der Waals surface area contributed by atoms with Crippen LogP contribution >= 0.6 is 0 Å². The van der Waals surface area contributed by atoms with Crippen molar-refractivity contribution in [3.8, 4) is 0 Å². The molecule has 0 saturated carbocycles. The van der Waals surface area contributed by atoms with Gasteiger partial charge in [-0.1, -0.05) is 34.6 Å². The zero-order valence-corrected chi connectivity index (χ0v) is 14.5. The van der Waals surface area contributed by atoms with Gasteiger partial charge in [-0.25, -0.2) is 0 Å². The summed E-state index contributed by atoms with van der Waals surface area (Å²) < 4.78 is 1.38.